The van der Waals surface area contributed by atoms with Crippen molar-refractivity contribution in [1.29, 1.82) is 0 Å². The van der Waals surface area contributed by atoms with Crippen LogP contribution in [0.5, 0.6) is 5.75 Å². The zero-order valence-corrected chi connectivity index (χ0v) is 14.2. The van der Waals surface area contributed by atoms with Gasteiger partial charge in [0, 0.05) is 11.6 Å². The molecule has 2 aromatic rings. The van der Waals surface area contributed by atoms with E-state index in [0.717, 1.165) is 16.8 Å². The van der Waals surface area contributed by atoms with Crippen molar-refractivity contribution >= 4 is 22.8 Å². The number of rotatable bonds is 5. The number of hydrogen-bond acceptors (Lipinski definition) is 7. The van der Waals surface area contributed by atoms with Crippen LogP contribution in [0.3, 0.4) is 0 Å². The molecule has 0 aliphatic carbocycles. The van der Waals surface area contributed by atoms with Crippen LogP contribution in [-0.4, -0.2) is 68.8 Å². The maximum absolute atomic E-state index is 10.9. The van der Waals surface area contributed by atoms with Gasteiger partial charge in [-0.25, -0.2) is 4.79 Å². The molecule has 0 saturated carbocycles. The number of aliphatic carboxylic acids is 1. The predicted molar refractivity (Wildman–Crippen MR) is 95.0 cm³/mol. The SMILES string of the molecule is O=C(O)/C=C\c1c(O[C@@H]2O[C@H](CO)[C@H](O)[C@H](O)[C@H]2O)ccc2ccccc12. The van der Waals surface area contributed by atoms with E-state index >= 15 is 0 Å². The molecule has 27 heavy (non-hydrogen) atoms. The van der Waals surface area contributed by atoms with Crippen molar-refractivity contribution in [2.45, 2.75) is 30.7 Å². The lowest BCUT2D eigenvalue weighted by Gasteiger charge is -2.39. The second-order valence-electron chi connectivity index (χ2n) is 6.19. The maximum atomic E-state index is 10.9. The van der Waals surface area contributed by atoms with E-state index < -0.39 is 43.3 Å². The molecule has 2 aromatic carbocycles. The lowest BCUT2D eigenvalue weighted by molar-refractivity contribution is -0.277. The van der Waals surface area contributed by atoms with E-state index in [9.17, 15) is 25.2 Å². The van der Waals surface area contributed by atoms with E-state index in [-0.39, 0.29) is 5.75 Å². The highest BCUT2D eigenvalue weighted by molar-refractivity contribution is 5.96. The van der Waals surface area contributed by atoms with Gasteiger partial charge in [-0.3, -0.25) is 0 Å². The number of benzene rings is 2. The van der Waals surface area contributed by atoms with E-state index in [1.807, 2.05) is 12.1 Å². The third-order valence-electron chi connectivity index (χ3n) is 4.41. The Labute approximate surface area is 154 Å². The lowest BCUT2D eigenvalue weighted by atomic mass is 9.99. The minimum absolute atomic E-state index is 0.218. The van der Waals surface area contributed by atoms with Crippen LogP contribution in [0, 0.1) is 0 Å². The van der Waals surface area contributed by atoms with Crippen LogP contribution in [-0.2, 0) is 9.53 Å². The summed E-state index contributed by atoms with van der Waals surface area (Å²) in [6, 6.07) is 10.6. The monoisotopic (exact) mass is 376 g/mol. The maximum Gasteiger partial charge on any atom is 0.328 e. The van der Waals surface area contributed by atoms with Crippen LogP contribution < -0.4 is 4.74 Å². The second kappa shape index (κ2) is 8.03. The van der Waals surface area contributed by atoms with Gasteiger partial charge in [0.05, 0.1) is 6.61 Å². The number of aliphatic hydroxyl groups excluding tert-OH is 4. The Morgan fingerprint density at radius 1 is 1.07 bits per heavy atom. The summed E-state index contributed by atoms with van der Waals surface area (Å²) in [6.07, 6.45) is -4.77. The Bertz CT molecular complexity index is 847. The Morgan fingerprint density at radius 2 is 1.81 bits per heavy atom. The fourth-order valence-electron chi connectivity index (χ4n) is 2.99. The number of carbonyl (C=O) groups is 1. The molecule has 1 heterocycles. The summed E-state index contributed by atoms with van der Waals surface area (Å²) in [5.74, 6) is -0.919. The van der Waals surface area contributed by atoms with Crippen molar-refractivity contribution in [1.82, 2.24) is 0 Å². The minimum Gasteiger partial charge on any atom is -0.478 e. The van der Waals surface area contributed by atoms with Crippen LogP contribution in [0.15, 0.2) is 42.5 Å². The van der Waals surface area contributed by atoms with E-state index in [1.165, 1.54) is 6.08 Å². The molecule has 0 radical (unpaired) electrons. The quantitative estimate of drug-likeness (QED) is 0.464. The summed E-state index contributed by atoms with van der Waals surface area (Å²) in [5, 5.41) is 49.7. The molecule has 0 bridgehead atoms. The Hall–Kier alpha value is -2.49. The molecule has 5 atom stereocenters. The molecule has 1 aliphatic heterocycles. The number of carboxylic acid groups (broad SMARTS) is 1. The lowest BCUT2D eigenvalue weighted by Crippen LogP contribution is -2.60. The molecule has 3 rings (SSSR count). The number of hydrogen-bond donors (Lipinski definition) is 5. The van der Waals surface area contributed by atoms with Gasteiger partial charge in [0.2, 0.25) is 6.29 Å². The highest BCUT2D eigenvalue weighted by Gasteiger charge is 2.44. The first kappa shape index (κ1) is 19.3. The van der Waals surface area contributed by atoms with Crippen LogP contribution in [0.25, 0.3) is 16.8 Å². The molecule has 144 valence electrons. The first-order valence-electron chi connectivity index (χ1n) is 8.32. The average molecular weight is 376 g/mol. The van der Waals surface area contributed by atoms with Gasteiger partial charge in [-0.15, -0.1) is 0 Å². The average Bonchev–Trinajstić information content (AvgIpc) is 2.67. The Kier molecular flexibility index (Phi) is 5.73. The van der Waals surface area contributed by atoms with Crippen molar-refractivity contribution < 1.29 is 39.8 Å². The first-order valence-corrected chi connectivity index (χ1v) is 8.32. The standard InChI is InChI=1S/C19H20O8/c20-9-14-16(23)17(24)18(25)19(27-14)26-13-7-5-10-3-1-2-4-11(10)12(13)6-8-15(21)22/h1-8,14,16-20,23-25H,9H2,(H,21,22)/b8-6-/t14-,16+,17+,18-,19-/m1/s1. The van der Waals surface area contributed by atoms with E-state index in [2.05, 4.69) is 0 Å². The Morgan fingerprint density at radius 3 is 2.52 bits per heavy atom. The summed E-state index contributed by atoms with van der Waals surface area (Å²) in [4.78, 5) is 10.9. The fourth-order valence-corrected chi connectivity index (χ4v) is 2.99. The highest BCUT2D eigenvalue weighted by Crippen LogP contribution is 2.32. The van der Waals surface area contributed by atoms with Gasteiger partial charge in [-0.05, 0) is 22.9 Å². The third kappa shape index (κ3) is 3.95. The van der Waals surface area contributed by atoms with Gasteiger partial charge >= 0.3 is 5.97 Å². The molecule has 0 unspecified atom stereocenters. The molecule has 0 aromatic heterocycles. The van der Waals surface area contributed by atoms with E-state index in [0.29, 0.717) is 5.56 Å². The molecule has 0 amide bonds. The predicted octanol–water partition coefficient (Wildman–Crippen LogP) is 0.116. The topological polar surface area (TPSA) is 137 Å². The van der Waals surface area contributed by atoms with Crippen molar-refractivity contribution in [3.05, 3.63) is 48.0 Å². The number of carboxylic acids is 1. The molecule has 1 fully saturated rings. The molecule has 1 aliphatic rings. The Balaban J connectivity index is 1.98. The van der Waals surface area contributed by atoms with Crippen molar-refractivity contribution in [3.63, 3.8) is 0 Å². The smallest absolute Gasteiger partial charge is 0.328 e. The summed E-state index contributed by atoms with van der Waals surface area (Å²) in [5.41, 5.74) is 0.451. The normalized spacial score (nSPS) is 28.5. The summed E-state index contributed by atoms with van der Waals surface area (Å²) in [6.45, 7) is -0.575. The summed E-state index contributed by atoms with van der Waals surface area (Å²) < 4.78 is 11.0. The van der Waals surface area contributed by atoms with Crippen LogP contribution >= 0.6 is 0 Å². The molecule has 8 heteroatoms. The van der Waals surface area contributed by atoms with Crippen LogP contribution in [0.4, 0.5) is 0 Å². The molecule has 1 saturated heterocycles. The van der Waals surface area contributed by atoms with Crippen LogP contribution in [0.2, 0.25) is 0 Å². The van der Waals surface area contributed by atoms with Gasteiger partial charge in [0.1, 0.15) is 30.2 Å². The first-order chi connectivity index (χ1) is 12.9. The van der Waals surface area contributed by atoms with Crippen molar-refractivity contribution in [2.75, 3.05) is 6.61 Å². The highest BCUT2D eigenvalue weighted by atomic mass is 16.7. The zero-order chi connectivity index (χ0) is 19.6. The molecule has 5 N–H and O–H groups in total. The molecule has 0 spiro atoms. The van der Waals surface area contributed by atoms with Gasteiger partial charge in [0.15, 0.2) is 0 Å². The number of aliphatic hydroxyl groups is 4. The van der Waals surface area contributed by atoms with Gasteiger partial charge in [0.25, 0.3) is 0 Å². The number of fused-ring (bicyclic) bond motifs is 1. The summed E-state index contributed by atoms with van der Waals surface area (Å²) in [7, 11) is 0. The van der Waals surface area contributed by atoms with Crippen LogP contribution in [0.1, 0.15) is 5.56 Å². The summed E-state index contributed by atoms with van der Waals surface area (Å²) >= 11 is 0. The zero-order valence-electron chi connectivity index (χ0n) is 14.2. The largest absolute Gasteiger partial charge is 0.478 e. The van der Waals surface area contributed by atoms with E-state index in [4.69, 9.17) is 14.6 Å². The fraction of sp³-hybridized carbons (Fsp3) is 0.316. The molecule has 8 nitrogen and oxygen atoms in total. The van der Waals surface area contributed by atoms with Gasteiger partial charge < -0.3 is 35.0 Å². The van der Waals surface area contributed by atoms with Crippen molar-refractivity contribution in [2.24, 2.45) is 0 Å². The van der Waals surface area contributed by atoms with Gasteiger partial charge in [-0.2, -0.15) is 0 Å². The second-order valence-corrected chi connectivity index (χ2v) is 6.19. The molecular formula is C19H20O8. The minimum atomic E-state index is -1.57. The van der Waals surface area contributed by atoms with Gasteiger partial charge in [-0.1, -0.05) is 30.3 Å². The third-order valence-corrected chi connectivity index (χ3v) is 4.41. The van der Waals surface area contributed by atoms with Crippen molar-refractivity contribution in [3.8, 4) is 5.75 Å². The molecular weight excluding hydrogens is 356 g/mol. The van der Waals surface area contributed by atoms with E-state index in [1.54, 1.807) is 24.3 Å². The number of ether oxygens (including phenoxy) is 2.